The van der Waals surface area contributed by atoms with Crippen molar-refractivity contribution in [2.75, 3.05) is 0 Å². The smallest absolute Gasteiger partial charge is 0.455 e. The molecule has 4 heterocycles. The molecule has 0 aliphatic carbocycles. The zero-order chi connectivity index (χ0) is 46.7. The first-order chi connectivity index (χ1) is 31.2. The molecule has 66 heavy (non-hydrogen) atoms. The minimum atomic E-state index is -1.60. The van der Waals surface area contributed by atoms with Crippen LogP contribution < -0.4 is 0 Å². The highest BCUT2D eigenvalue weighted by atomic mass is 19.1. The third kappa shape index (κ3) is 7.32. The quantitative estimate of drug-likeness (QED) is 0.158. The largest absolute Gasteiger partial charge is 0.847 e. The van der Waals surface area contributed by atoms with Crippen molar-refractivity contribution in [3.8, 4) is 22.4 Å². The van der Waals surface area contributed by atoms with E-state index in [-0.39, 0.29) is 21.7 Å². The van der Waals surface area contributed by atoms with E-state index in [2.05, 4.69) is 223 Å². The summed E-state index contributed by atoms with van der Waals surface area (Å²) in [6, 6.07) is 52.2. The zero-order valence-corrected chi connectivity index (χ0v) is 40.7. The summed E-state index contributed by atoms with van der Waals surface area (Å²) in [7, 11) is -1.60. The number of hydrogen-bond donors (Lipinski definition) is 0. The molecule has 3 nitrogen and oxygen atoms in total. The van der Waals surface area contributed by atoms with Gasteiger partial charge in [-0.3, -0.25) is 4.48 Å². The highest BCUT2D eigenvalue weighted by molar-refractivity contribution is 6.46. The van der Waals surface area contributed by atoms with Crippen LogP contribution in [-0.2, 0) is 21.7 Å². The predicted octanol–water partition coefficient (Wildman–Crippen LogP) is 16.1. The minimum Gasteiger partial charge on any atom is -0.455 e. The molecule has 0 fully saturated rings. The van der Waals surface area contributed by atoms with Crippen molar-refractivity contribution < 1.29 is 13.2 Å². The van der Waals surface area contributed by atoms with Crippen molar-refractivity contribution in [3.05, 3.63) is 202 Å². The van der Waals surface area contributed by atoms with Crippen LogP contribution in [-0.4, -0.2) is 21.9 Å². The summed E-state index contributed by atoms with van der Waals surface area (Å²) in [5.74, 6) is 0. The van der Waals surface area contributed by atoms with Crippen molar-refractivity contribution in [1.82, 2.24) is 4.48 Å². The Kier molecular flexibility index (Phi) is 10.1. The minimum absolute atomic E-state index is 0.0311. The number of aromatic nitrogens is 1. The Bertz CT molecular complexity index is 3290. The van der Waals surface area contributed by atoms with Crippen LogP contribution in [0.4, 0.5) is 4.32 Å². The van der Waals surface area contributed by atoms with Crippen LogP contribution in [0.3, 0.4) is 0 Å². The molecule has 0 bridgehead atoms. The van der Waals surface area contributed by atoms with Gasteiger partial charge in [0, 0.05) is 39.2 Å². The zero-order valence-electron chi connectivity index (χ0n) is 40.7. The predicted molar refractivity (Wildman–Crippen MR) is 277 cm³/mol. The van der Waals surface area contributed by atoms with Crippen LogP contribution in [0, 0.1) is 0 Å². The normalized spacial score (nSPS) is 14.7. The molecule has 0 radical (unpaired) electrons. The maximum Gasteiger partial charge on any atom is 0.847 e. The van der Waals surface area contributed by atoms with Crippen LogP contribution >= 0.6 is 0 Å². The van der Waals surface area contributed by atoms with Gasteiger partial charge in [0.1, 0.15) is 11.2 Å². The Hall–Kier alpha value is -6.46. The molecule has 2 aromatic heterocycles. The summed E-state index contributed by atoms with van der Waals surface area (Å²) in [4.78, 5) is 0. The van der Waals surface area contributed by atoms with Gasteiger partial charge in [-0.15, -0.1) is 0 Å². The van der Waals surface area contributed by atoms with E-state index in [1.807, 2.05) is 21.1 Å². The van der Waals surface area contributed by atoms with E-state index in [9.17, 15) is 0 Å². The lowest BCUT2D eigenvalue weighted by atomic mass is 9.82. The molecule has 5 heteroatoms. The van der Waals surface area contributed by atoms with Crippen molar-refractivity contribution in [2.24, 2.45) is 0 Å². The molecule has 0 amide bonds. The SMILES string of the molecule is CC(C)(C)c1ccc(C2=CC(c3ccc(C(C)(C)C)cc3)=[N+]3B(F)n4c(-c5ccc(C(C)(C)C)cc5)cc(-c5ccc(C(C)(C)C)cc5)c4C(c4cccc5c4oc4ccccc45)=C23)cc1. The summed E-state index contributed by atoms with van der Waals surface area (Å²) in [5, 5.41) is 2.08. The molecule has 0 unspecified atom stereocenters. The summed E-state index contributed by atoms with van der Waals surface area (Å²) in [6.07, 6.45) is 2.22. The van der Waals surface area contributed by atoms with Crippen LogP contribution in [0.15, 0.2) is 162 Å². The second kappa shape index (κ2) is 15.3. The molecular weight excluding hydrogens is 806 g/mol. The van der Waals surface area contributed by atoms with Gasteiger partial charge >= 0.3 is 7.26 Å². The number of para-hydroxylation sites is 2. The first kappa shape index (κ1) is 43.4. The lowest BCUT2D eigenvalue weighted by Crippen LogP contribution is -2.41. The third-order valence-electron chi connectivity index (χ3n) is 13.9. The monoisotopic (exact) mass is 867 g/mol. The average Bonchev–Trinajstić information content (AvgIpc) is 3.99. The Labute approximate surface area is 391 Å². The van der Waals surface area contributed by atoms with Crippen LogP contribution in [0.25, 0.3) is 55.5 Å². The number of furan rings is 1. The Balaban J connectivity index is 1.36. The molecule has 330 valence electrons. The third-order valence-corrected chi connectivity index (χ3v) is 13.9. The molecule has 2 aliphatic rings. The fourth-order valence-electron chi connectivity index (χ4n) is 9.90. The lowest BCUT2D eigenvalue weighted by molar-refractivity contribution is -0.332. The first-order valence-corrected chi connectivity index (χ1v) is 23.5. The topological polar surface area (TPSA) is 21.1 Å². The van der Waals surface area contributed by atoms with E-state index in [1.165, 1.54) is 22.3 Å². The molecule has 0 saturated carbocycles. The Morgan fingerprint density at radius 3 is 1.48 bits per heavy atom. The summed E-state index contributed by atoms with van der Waals surface area (Å²) in [6.45, 7) is 26.8. The van der Waals surface area contributed by atoms with E-state index in [1.54, 1.807) is 0 Å². The molecule has 0 spiro atoms. The summed E-state index contributed by atoms with van der Waals surface area (Å²) >= 11 is 0. The van der Waals surface area contributed by atoms with Crippen LogP contribution in [0.2, 0.25) is 0 Å². The number of rotatable bonds is 5. The van der Waals surface area contributed by atoms with Gasteiger partial charge in [0.25, 0.3) is 0 Å². The van der Waals surface area contributed by atoms with E-state index < -0.39 is 7.26 Å². The Morgan fingerprint density at radius 1 is 0.485 bits per heavy atom. The highest BCUT2D eigenvalue weighted by Crippen LogP contribution is 2.50. The van der Waals surface area contributed by atoms with Crippen molar-refractivity contribution in [3.63, 3.8) is 0 Å². The van der Waals surface area contributed by atoms with E-state index >= 15 is 4.32 Å². The van der Waals surface area contributed by atoms with Crippen molar-refractivity contribution >= 4 is 46.1 Å². The molecular formula is C61H61BFN2O+. The molecule has 2 aliphatic heterocycles. The molecule has 6 aromatic carbocycles. The molecule has 10 rings (SSSR count). The van der Waals surface area contributed by atoms with Crippen molar-refractivity contribution in [1.29, 1.82) is 0 Å². The molecule has 0 atom stereocenters. The number of hydrogen-bond acceptors (Lipinski definition) is 1. The number of allylic oxidation sites excluding steroid dienone is 2. The number of halogens is 1. The van der Waals surface area contributed by atoms with Gasteiger partial charge in [-0.25, -0.2) is 8.80 Å². The summed E-state index contributed by atoms with van der Waals surface area (Å²) < 4.78 is 30.0. The fraction of sp³-hybridized carbons (Fsp3) is 0.262. The van der Waals surface area contributed by atoms with Crippen LogP contribution in [0.5, 0.6) is 0 Å². The molecule has 0 saturated heterocycles. The van der Waals surface area contributed by atoms with Gasteiger partial charge in [-0.05, 0) is 84.9 Å². The molecule has 0 N–H and O–H groups in total. The number of fused-ring (bicyclic) bond motifs is 5. The van der Waals surface area contributed by atoms with E-state index in [4.69, 9.17) is 4.42 Å². The van der Waals surface area contributed by atoms with Crippen LogP contribution in [0.1, 0.15) is 128 Å². The summed E-state index contributed by atoms with van der Waals surface area (Å²) in [5.41, 5.74) is 17.4. The average molecular weight is 868 g/mol. The van der Waals surface area contributed by atoms with Crippen molar-refractivity contribution in [2.45, 2.75) is 105 Å². The second-order valence-electron chi connectivity index (χ2n) is 22.6. The van der Waals surface area contributed by atoms with Gasteiger partial charge in [0.15, 0.2) is 5.71 Å². The second-order valence-corrected chi connectivity index (χ2v) is 22.6. The van der Waals surface area contributed by atoms with Gasteiger partial charge in [0.2, 0.25) is 5.70 Å². The Morgan fingerprint density at radius 2 is 0.955 bits per heavy atom. The maximum atomic E-state index is 19.2. The first-order valence-electron chi connectivity index (χ1n) is 23.5. The molecule has 8 aromatic rings. The van der Waals surface area contributed by atoms with Gasteiger partial charge in [-0.1, -0.05) is 204 Å². The van der Waals surface area contributed by atoms with Gasteiger partial charge < -0.3 is 4.42 Å². The highest BCUT2D eigenvalue weighted by Gasteiger charge is 2.55. The number of benzene rings is 6. The number of nitrogens with zero attached hydrogens (tertiary/aromatic N) is 2. The van der Waals surface area contributed by atoms with Gasteiger partial charge in [-0.2, -0.15) is 0 Å². The maximum absolute atomic E-state index is 19.2. The van der Waals surface area contributed by atoms with Gasteiger partial charge in [0.05, 0.1) is 16.8 Å². The fourth-order valence-corrected chi connectivity index (χ4v) is 9.90. The standard InChI is InChI=1S/C61H61BFN2O/c1-58(2,3)42-28-20-38(21-29-42)49-36-51(40-24-32-44(33-25-40)60(7,8)9)64-55(49)54(48-18-15-17-47-46-16-13-14-19-53(46)66-57(47)48)56-50(39-22-30-43(31-23-39)59(4,5)6)37-52(65(56)62(64)63)41-26-34-45(35-27-41)61(10,11)12/h13-37H,1-12H3/q+1. The lowest BCUT2D eigenvalue weighted by Gasteiger charge is -2.25. The van der Waals surface area contributed by atoms with E-state index in [0.717, 1.165) is 89.3 Å². The van der Waals surface area contributed by atoms with E-state index in [0.29, 0.717) is 0 Å².